The molecule has 0 unspecified atom stereocenters. The van der Waals surface area contributed by atoms with Crippen molar-refractivity contribution in [2.45, 2.75) is 26.2 Å². The van der Waals surface area contributed by atoms with E-state index in [0.717, 1.165) is 82.7 Å². The summed E-state index contributed by atoms with van der Waals surface area (Å²) in [6.07, 6.45) is 0. The molecule has 8 aromatic carbocycles. The van der Waals surface area contributed by atoms with Crippen LogP contribution in [0, 0.1) is 22.7 Å². The first-order valence-corrected chi connectivity index (χ1v) is 19.6. The van der Waals surface area contributed by atoms with Crippen molar-refractivity contribution in [1.29, 1.82) is 10.5 Å². The van der Waals surface area contributed by atoms with Crippen LogP contribution in [-0.4, -0.2) is 9.13 Å². The van der Waals surface area contributed by atoms with Crippen LogP contribution in [0.2, 0.25) is 0 Å². The molecular weight excluding hydrogens is 705 g/mol. The maximum atomic E-state index is 10.9. The first kappa shape index (κ1) is 34.8. The fourth-order valence-electron chi connectivity index (χ4n) is 8.62. The minimum Gasteiger partial charge on any atom is -0.309 e. The van der Waals surface area contributed by atoms with E-state index in [-0.39, 0.29) is 5.41 Å². The molecule has 0 bridgehead atoms. The quantitative estimate of drug-likeness (QED) is 0.176. The summed E-state index contributed by atoms with van der Waals surface area (Å²) in [5.41, 5.74) is 14.1. The number of benzene rings is 8. The van der Waals surface area contributed by atoms with Gasteiger partial charge in [-0.2, -0.15) is 10.5 Å². The molecule has 4 nitrogen and oxygen atoms in total. The molecule has 0 spiro atoms. The smallest absolute Gasteiger partial charge is 0.101 e. The highest BCUT2D eigenvalue weighted by Crippen LogP contribution is 2.41. The molecule has 0 amide bonds. The van der Waals surface area contributed by atoms with Gasteiger partial charge in [-0.05, 0) is 105 Å². The van der Waals surface area contributed by atoms with E-state index in [4.69, 9.17) is 0 Å². The van der Waals surface area contributed by atoms with E-state index in [1.54, 1.807) is 0 Å². The van der Waals surface area contributed by atoms with Crippen LogP contribution in [0.15, 0.2) is 176 Å². The summed E-state index contributed by atoms with van der Waals surface area (Å²) in [6, 6.07) is 66.5. The van der Waals surface area contributed by atoms with E-state index in [2.05, 4.69) is 188 Å². The summed E-state index contributed by atoms with van der Waals surface area (Å²) >= 11 is 0. The van der Waals surface area contributed by atoms with Gasteiger partial charge in [0.2, 0.25) is 0 Å². The number of fused-ring (bicyclic) bond motifs is 6. The number of nitrogens with zero attached hydrogens (tertiary/aromatic N) is 4. The van der Waals surface area contributed by atoms with Crippen molar-refractivity contribution in [3.8, 4) is 56.9 Å². The lowest BCUT2D eigenvalue weighted by Gasteiger charge is -2.19. The lowest BCUT2D eigenvalue weighted by Crippen LogP contribution is -2.10. The molecule has 4 heteroatoms. The lowest BCUT2D eigenvalue weighted by molar-refractivity contribution is 0.591. The van der Waals surface area contributed by atoms with Crippen LogP contribution in [0.4, 0.5) is 0 Å². The highest BCUT2D eigenvalue weighted by Gasteiger charge is 2.23. The highest BCUT2D eigenvalue weighted by atomic mass is 15.0. The zero-order chi connectivity index (χ0) is 39.5. The Balaban J connectivity index is 1.19. The van der Waals surface area contributed by atoms with Crippen LogP contribution in [0.5, 0.6) is 0 Å². The molecule has 0 radical (unpaired) electrons. The Morgan fingerprint density at radius 1 is 0.379 bits per heavy atom. The number of hydrogen-bond acceptors (Lipinski definition) is 2. The van der Waals surface area contributed by atoms with Gasteiger partial charge in [-0.15, -0.1) is 0 Å². The summed E-state index contributed by atoms with van der Waals surface area (Å²) in [5, 5.41) is 26.3. The molecule has 0 N–H and O–H groups in total. The molecule has 0 saturated heterocycles. The van der Waals surface area contributed by atoms with Crippen LogP contribution in [0.1, 0.15) is 37.5 Å². The van der Waals surface area contributed by atoms with Crippen molar-refractivity contribution in [1.82, 2.24) is 9.13 Å². The molecule has 0 aliphatic carbocycles. The molecule has 0 aliphatic rings. The third-order valence-electron chi connectivity index (χ3n) is 11.5. The summed E-state index contributed by atoms with van der Waals surface area (Å²) in [6.45, 7) is 6.67. The van der Waals surface area contributed by atoms with Gasteiger partial charge in [-0.1, -0.05) is 136 Å². The maximum absolute atomic E-state index is 10.9. The fraction of sp³-hybridized carbons (Fsp3) is 0.0741. The van der Waals surface area contributed by atoms with Crippen molar-refractivity contribution < 1.29 is 0 Å². The highest BCUT2D eigenvalue weighted by molar-refractivity contribution is 6.12. The predicted molar refractivity (Wildman–Crippen MR) is 240 cm³/mol. The summed E-state index contributed by atoms with van der Waals surface area (Å²) < 4.78 is 4.44. The summed E-state index contributed by atoms with van der Waals surface area (Å²) in [4.78, 5) is 0. The van der Waals surface area contributed by atoms with E-state index < -0.39 is 0 Å². The standard InChI is InChI=1S/C54H38N4/c1-54(2,3)43-22-26-50-48(32-43)47-29-37(35-13-7-4-8-14-35)21-25-49(47)58(50)53-41(33-55)27-40(28-42(53)34-56)39-20-24-46-45-23-19-38(36-15-9-5-10-16-36)30-51(45)57(52(46)31-39)44-17-11-6-12-18-44/h4-32H,1-3H3. The van der Waals surface area contributed by atoms with Gasteiger partial charge >= 0.3 is 0 Å². The van der Waals surface area contributed by atoms with Gasteiger partial charge in [0.1, 0.15) is 12.1 Å². The van der Waals surface area contributed by atoms with Crippen LogP contribution >= 0.6 is 0 Å². The number of hydrogen-bond donors (Lipinski definition) is 0. The van der Waals surface area contributed by atoms with Gasteiger partial charge in [-0.3, -0.25) is 0 Å². The van der Waals surface area contributed by atoms with Gasteiger partial charge in [0.05, 0.1) is 38.9 Å². The number of aromatic nitrogens is 2. The fourth-order valence-corrected chi connectivity index (χ4v) is 8.62. The van der Waals surface area contributed by atoms with Gasteiger partial charge in [-0.25, -0.2) is 0 Å². The third kappa shape index (κ3) is 5.66. The molecule has 0 atom stereocenters. The van der Waals surface area contributed by atoms with Gasteiger partial charge in [0, 0.05) is 27.2 Å². The lowest BCUT2D eigenvalue weighted by atomic mass is 9.86. The van der Waals surface area contributed by atoms with Crippen LogP contribution in [-0.2, 0) is 5.41 Å². The van der Waals surface area contributed by atoms with Crippen LogP contribution in [0.25, 0.3) is 88.4 Å². The first-order chi connectivity index (χ1) is 28.3. The molecule has 0 saturated carbocycles. The van der Waals surface area contributed by atoms with Crippen molar-refractivity contribution in [2.75, 3.05) is 0 Å². The molecule has 274 valence electrons. The van der Waals surface area contributed by atoms with Crippen molar-refractivity contribution in [3.05, 3.63) is 193 Å². The molecule has 10 aromatic rings. The number of nitriles is 2. The molecule has 2 aromatic heterocycles. The largest absolute Gasteiger partial charge is 0.309 e. The molecule has 10 rings (SSSR count). The van der Waals surface area contributed by atoms with Crippen molar-refractivity contribution >= 4 is 43.6 Å². The predicted octanol–water partition coefficient (Wildman–Crippen LogP) is 13.9. The Morgan fingerprint density at radius 3 is 1.38 bits per heavy atom. The normalized spacial score (nSPS) is 11.7. The maximum Gasteiger partial charge on any atom is 0.101 e. The van der Waals surface area contributed by atoms with Gasteiger partial charge < -0.3 is 9.13 Å². The van der Waals surface area contributed by atoms with Crippen LogP contribution < -0.4 is 0 Å². The molecule has 2 heterocycles. The number of para-hydroxylation sites is 1. The van der Waals surface area contributed by atoms with E-state index in [9.17, 15) is 10.5 Å². The summed E-state index contributed by atoms with van der Waals surface area (Å²) in [7, 11) is 0. The van der Waals surface area contributed by atoms with E-state index >= 15 is 0 Å². The average molecular weight is 743 g/mol. The molecule has 0 aliphatic heterocycles. The van der Waals surface area contributed by atoms with Crippen LogP contribution in [0.3, 0.4) is 0 Å². The van der Waals surface area contributed by atoms with E-state index in [0.29, 0.717) is 16.8 Å². The van der Waals surface area contributed by atoms with Crippen molar-refractivity contribution in [2.24, 2.45) is 0 Å². The zero-order valence-electron chi connectivity index (χ0n) is 32.5. The average Bonchev–Trinajstić information content (AvgIpc) is 3.77. The van der Waals surface area contributed by atoms with E-state index in [1.165, 1.54) is 5.56 Å². The Kier molecular flexibility index (Phi) is 8.11. The third-order valence-corrected chi connectivity index (χ3v) is 11.5. The minimum atomic E-state index is -0.0611. The zero-order valence-corrected chi connectivity index (χ0v) is 32.5. The molecule has 0 fully saturated rings. The Labute approximate surface area is 337 Å². The Morgan fingerprint density at radius 2 is 0.845 bits per heavy atom. The molecule has 58 heavy (non-hydrogen) atoms. The van der Waals surface area contributed by atoms with Gasteiger partial charge in [0.25, 0.3) is 0 Å². The number of rotatable bonds is 5. The van der Waals surface area contributed by atoms with E-state index in [1.807, 2.05) is 30.3 Å². The minimum absolute atomic E-state index is 0.0611. The second-order valence-electron chi connectivity index (χ2n) is 16.1. The molecular formula is C54H38N4. The second kappa shape index (κ2) is 13.5. The topological polar surface area (TPSA) is 57.4 Å². The second-order valence-corrected chi connectivity index (χ2v) is 16.1. The first-order valence-electron chi connectivity index (χ1n) is 19.6. The SMILES string of the molecule is CC(C)(C)c1ccc2c(c1)c1cc(-c3ccccc3)ccc1n2-c1c(C#N)cc(-c2ccc3c4ccc(-c5ccccc5)cc4n(-c4ccccc4)c3c2)cc1C#N. The monoisotopic (exact) mass is 742 g/mol. The summed E-state index contributed by atoms with van der Waals surface area (Å²) in [5.74, 6) is 0. The Bertz CT molecular complexity index is 3280. The Hall–Kier alpha value is -7.66. The van der Waals surface area contributed by atoms with Crippen molar-refractivity contribution in [3.63, 3.8) is 0 Å². The van der Waals surface area contributed by atoms with Gasteiger partial charge in [0.15, 0.2) is 0 Å².